The Morgan fingerprint density at radius 1 is 1.03 bits per heavy atom. The Balaban J connectivity index is 1.42. The first kappa shape index (κ1) is 24.6. The van der Waals surface area contributed by atoms with E-state index >= 15 is 0 Å². The molecule has 1 aliphatic heterocycles. The van der Waals surface area contributed by atoms with Crippen LogP contribution in [0.2, 0.25) is 5.02 Å². The minimum Gasteiger partial charge on any atom is -0.489 e. The number of halogens is 1. The lowest BCUT2D eigenvalue weighted by molar-refractivity contribution is -0.127. The van der Waals surface area contributed by atoms with Gasteiger partial charge in [0.2, 0.25) is 5.91 Å². The lowest BCUT2D eigenvalue weighted by Crippen LogP contribution is -2.36. The van der Waals surface area contributed by atoms with Crippen molar-refractivity contribution < 1.29 is 19.1 Å². The van der Waals surface area contributed by atoms with Crippen molar-refractivity contribution in [3.63, 3.8) is 0 Å². The van der Waals surface area contributed by atoms with Crippen molar-refractivity contribution in [2.45, 2.75) is 20.5 Å². The van der Waals surface area contributed by atoms with Gasteiger partial charge in [-0.1, -0.05) is 60.1 Å². The first-order valence-corrected chi connectivity index (χ1v) is 12.1. The van der Waals surface area contributed by atoms with Crippen LogP contribution in [0.1, 0.15) is 22.3 Å². The summed E-state index contributed by atoms with van der Waals surface area (Å²) in [6, 6.07) is 20.3. The number of rotatable bonds is 7. The number of carbonyl (C=O) groups excluding carboxylic acids is 3. The number of para-hydroxylation sites is 1. The lowest BCUT2D eigenvalue weighted by Gasteiger charge is -2.15. The van der Waals surface area contributed by atoms with E-state index in [0.29, 0.717) is 28.6 Å². The summed E-state index contributed by atoms with van der Waals surface area (Å²) in [5.41, 5.74) is 4.06. The van der Waals surface area contributed by atoms with E-state index in [0.717, 1.165) is 33.4 Å². The maximum absolute atomic E-state index is 12.9. The molecule has 0 radical (unpaired) electrons. The van der Waals surface area contributed by atoms with Crippen molar-refractivity contribution in [1.29, 1.82) is 0 Å². The number of carbonyl (C=O) groups is 3. The third-order valence-corrected chi connectivity index (χ3v) is 6.71. The predicted octanol–water partition coefficient (Wildman–Crippen LogP) is 6.21. The number of hydrogen-bond acceptors (Lipinski definition) is 5. The Morgan fingerprint density at radius 2 is 1.74 bits per heavy atom. The van der Waals surface area contributed by atoms with Gasteiger partial charge >= 0.3 is 0 Å². The highest BCUT2D eigenvalue weighted by Crippen LogP contribution is 2.33. The van der Waals surface area contributed by atoms with Gasteiger partial charge in [-0.3, -0.25) is 19.3 Å². The Labute approximate surface area is 212 Å². The molecule has 1 heterocycles. The van der Waals surface area contributed by atoms with Crippen LogP contribution in [0.5, 0.6) is 5.75 Å². The quantitative estimate of drug-likeness (QED) is 0.385. The molecule has 0 saturated carbocycles. The number of hydrogen-bond donors (Lipinski definition) is 1. The van der Waals surface area contributed by atoms with E-state index in [-0.39, 0.29) is 11.4 Å². The summed E-state index contributed by atoms with van der Waals surface area (Å²) in [5, 5.41) is 2.95. The average molecular weight is 507 g/mol. The van der Waals surface area contributed by atoms with E-state index in [1.54, 1.807) is 30.3 Å². The third-order valence-electron chi connectivity index (χ3n) is 5.43. The van der Waals surface area contributed by atoms with Crippen LogP contribution in [0.25, 0.3) is 6.08 Å². The molecule has 3 aromatic rings. The van der Waals surface area contributed by atoms with E-state index in [1.165, 1.54) is 0 Å². The van der Waals surface area contributed by atoms with Crippen LogP contribution in [-0.4, -0.2) is 28.5 Å². The van der Waals surface area contributed by atoms with Crippen LogP contribution >= 0.6 is 23.4 Å². The minimum atomic E-state index is -0.501. The van der Waals surface area contributed by atoms with Crippen molar-refractivity contribution >= 4 is 52.2 Å². The van der Waals surface area contributed by atoms with E-state index < -0.39 is 17.1 Å². The molecule has 8 heteroatoms. The second-order valence-corrected chi connectivity index (χ2v) is 9.44. The highest BCUT2D eigenvalue weighted by molar-refractivity contribution is 8.18. The summed E-state index contributed by atoms with van der Waals surface area (Å²) >= 11 is 6.99. The monoisotopic (exact) mass is 506 g/mol. The van der Waals surface area contributed by atoms with Gasteiger partial charge in [-0.05, 0) is 66.6 Å². The molecule has 178 valence electrons. The number of nitrogens with zero attached hydrogens (tertiary/aromatic N) is 1. The number of anilines is 1. The van der Waals surface area contributed by atoms with Crippen LogP contribution < -0.4 is 10.1 Å². The maximum Gasteiger partial charge on any atom is 0.294 e. The number of imide groups is 1. The van der Waals surface area contributed by atoms with Gasteiger partial charge < -0.3 is 10.1 Å². The first-order chi connectivity index (χ1) is 16.8. The van der Waals surface area contributed by atoms with Crippen LogP contribution in [0.3, 0.4) is 0 Å². The zero-order valence-electron chi connectivity index (χ0n) is 19.2. The Bertz CT molecular complexity index is 1320. The molecule has 0 unspecified atom stereocenters. The summed E-state index contributed by atoms with van der Waals surface area (Å²) < 4.78 is 5.84. The van der Waals surface area contributed by atoms with Crippen LogP contribution in [0, 0.1) is 13.8 Å². The van der Waals surface area contributed by atoms with E-state index in [1.807, 2.05) is 56.3 Å². The number of thioether (sulfide) groups is 1. The molecule has 1 fully saturated rings. The summed E-state index contributed by atoms with van der Waals surface area (Å²) in [7, 11) is 0. The SMILES string of the molecule is Cc1cccc(C)c1NC(=O)CN1C(=O)S/C(=C/c2cccc(OCc3ccccc3Cl)c2)C1=O. The highest BCUT2D eigenvalue weighted by Gasteiger charge is 2.36. The van der Waals surface area contributed by atoms with Gasteiger partial charge in [0.1, 0.15) is 18.9 Å². The molecule has 3 amide bonds. The van der Waals surface area contributed by atoms with Crippen molar-refractivity contribution in [2.75, 3.05) is 11.9 Å². The number of ether oxygens (including phenoxy) is 1. The molecule has 1 aliphatic rings. The highest BCUT2D eigenvalue weighted by atomic mass is 35.5. The predicted molar refractivity (Wildman–Crippen MR) is 139 cm³/mol. The normalized spacial score (nSPS) is 14.5. The fraction of sp³-hybridized carbons (Fsp3) is 0.148. The Hall–Kier alpha value is -3.55. The largest absolute Gasteiger partial charge is 0.489 e. The second-order valence-electron chi connectivity index (χ2n) is 8.04. The summed E-state index contributed by atoms with van der Waals surface area (Å²) in [6.45, 7) is 3.72. The average Bonchev–Trinajstić information content (AvgIpc) is 3.08. The topological polar surface area (TPSA) is 75.7 Å². The summed E-state index contributed by atoms with van der Waals surface area (Å²) in [5.74, 6) is -0.328. The standard InChI is InChI=1S/C27H23ClN2O4S/c1-17-7-5-8-18(2)25(17)29-24(31)15-30-26(32)23(35-27(30)33)14-19-9-6-11-21(13-19)34-16-20-10-3-4-12-22(20)28/h3-14H,15-16H2,1-2H3,(H,29,31)/b23-14+. The zero-order chi connectivity index (χ0) is 24.9. The van der Waals surface area contributed by atoms with Crippen LogP contribution in [0.4, 0.5) is 10.5 Å². The molecule has 0 aliphatic carbocycles. The third kappa shape index (κ3) is 5.93. The molecule has 0 aromatic heterocycles. The molecule has 3 aromatic carbocycles. The smallest absolute Gasteiger partial charge is 0.294 e. The van der Waals surface area contributed by atoms with E-state index in [9.17, 15) is 14.4 Å². The molecule has 6 nitrogen and oxygen atoms in total. The molecular formula is C27H23ClN2O4S. The molecule has 1 N–H and O–H groups in total. The van der Waals surface area contributed by atoms with E-state index in [2.05, 4.69) is 5.32 Å². The van der Waals surface area contributed by atoms with Crippen molar-refractivity contribution in [1.82, 2.24) is 4.90 Å². The Morgan fingerprint density at radius 3 is 2.49 bits per heavy atom. The number of amides is 3. The molecular weight excluding hydrogens is 484 g/mol. The van der Waals surface area contributed by atoms with Crippen molar-refractivity contribution in [3.8, 4) is 5.75 Å². The first-order valence-electron chi connectivity index (χ1n) is 10.9. The van der Waals surface area contributed by atoms with Gasteiger partial charge in [-0.25, -0.2) is 0 Å². The van der Waals surface area contributed by atoms with Crippen LogP contribution in [0.15, 0.2) is 71.6 Å². The fourth-order valence-electron chi connectivity index (χ4n) is 3.59. The second kappa shape index (κ2) is 10.8. The molecule has 1 saturated heterocycles. The summed E-state index contributed by atoms with van der Waals surface area (Å²) in [4.78, 5) is 39.1. The molecule has 0 atom stereocenters. The minimum absolute atomic E-state index is 0.248. The molecule has 0 spiro atoms. The lowest BCUT2D eigenvalue weighted by atomic mass is 10.1. The van der Waals surface area contributed by atoms with Gasteiger partial charge in [-0.15, -0.1) is 0 Å². The van der Waals surface area contributed by atoms with Crippen molar-refractivity contribution in [3.05, 3.63) is 98.9 Å². The van der Waals surface area contributed by atoms with Gasteiger partial charge in [0.25, 0.3) is 11.1 Å². The molecule has 4 rings (SSSR count). The molecule has 0 bridgehead atoms. The zero-order valence-corrected chi connectivity index (χ0v) is 20.8. The molecule has 35 heavy (non-hydrogen) atoms. The number of nitrogens with one attached hydrogen (secondary N) is 1. The van der Waals surface area contributed by atoms with E-state index in [4.69, 9.17) is 16.3 Å². The van der Waals surface area contributed by atoms with Gasteiger partial charge in [0, 0.05) is 16.3 Å². The maximum atomic E-state index is 12.9. The fourth-order valence-corrected chi connectivity index (χ4v) is 4.62. The van der Waals surface area contributed by atoms with Crippen LogP contribution in [-0.2, 0) is 16.2 Å². The Kier molecular flexibility index (Phi) is 7.58. The number of aryl methyl sites for hydroxylation is 2. The van der Waals surface area contributed by atoms with Crippen molar-refractivity contribution in [2.24, 2.45) is 0 Å². The van der Waals surface area contributed by atoms with Gasteiger partial charge in [-0.2, -0.15) is 0 Å². The summed E-state index contributed by atoms with van der Waals surface area (Å²) in [6.07, 6.45) is 1.62. The van der Waals surface area contributed by atoms with Gasteiger partial charge in [0.15, 0.2) is 0 Å². The van der Waals surface area contributed by atoms with Gasteiger partial charge in [0.05, 0.1) is 4.91 Å². The number of benzene rings is 3.